The minimum absolute atomic E-state index is 0.256. The zero-order valence-corrected chi connectivity index (χ0v) is 22.6. The highest BCUT2D eigenvalue weighted by Gasteiger charge is 2.23. The number of aromatic nitrogens is 2. The Morgan fingerprint density at radius 2 is 1.97 bits per heavy atom. The molecular weight excluding hydrogens is 563 g/mol. The number of nitrogens with zero attached hydrogens (tertiary/aromatic N) is 3. The third-order valence-electron chi connectivity index (χ3n) is 5.22. The van der Waals surface area contributed by atoms with Gasteiger partial charge in [0.2, 0.25) is 0 Å². The largest absolute Gasteiger partial charge is 0.482 e. The fourth-order valence-electron chi connectivity index (χ4n) is 3.49. The second kappa shape index (κ2) is 10.8. The molecule has 4 aromatic rings. The average molecular weight is 586 g/mol. The Kier molecular flexibility index (Phi) is 7.75. The lowest BCUT2D eigenvalue weighted by Crippen LogP contribution is -2.29. The second-order valence-electron chi connectivity index (χ2n) is 9.25. The fraction of sp³-hybridized carbons (Fsp3) is 0.185. The Bertz CT molecular complexity index is 1580. The summed E-state index contributed by atoms with van der Waals surface area (Å²) in [6.07, 6.45) is 1.51. The van der Waals surface area contributed by atoms with E-state index in [1.54, 1.807) is 36.4 Å². The van der Waals surface area contributed by atoms with E-state index in [9.17, 15) is 14.0 Å². The number of amides is 1. The van der Waals surface area contributed by atoms with E-state index in [1.807, 2.05) is 26.8 Å². The molecule has 0 fully saturated rings. The van der Waals surface area contributed by atoms with E-state index < -0.39 is 17.1 Å². The number of nitrogens with one attached hydrogen (secondary N) is 1. The molecule has 7 nitrogen and oxygen atoms in total. The van der Waals surface area contributed by atoms with Crippen molar-refractivity contribution in [1.29, 1.82) is 0 Å². The van der Waals surface area contributed by atoms with Crippen LogP contribution >= 0.6 is 27.5 Å². The molecule has 0 atom stereocenters. The summed E-state index contributed by atoms with van der Waals surface area (Å²) in [6, 6.07) is 15.8. The minimum atomic E-state index is -0.461. The molecule has 0 radical (unpaired) electrons. The van der Waals surface area contributed by atoms with Crippen molar-refractivity contribution < 1.29 is 13.9 Å². The summed E-state index contributed by atoms with van der Waals surface area (Å²) >= 11 is 9.75. The van der Waals surface area contributed by atoms with Crippen molar-refractivity contribution in [3.8, 4) is 5.75 Å². The summed E-state index contributed by atoms with van der Waals surface area (Å²) in [5, 5.41) is 7.68. The van der Waals surface area contributed by atoms with E-state index in [-0.39, 0.29) is 22.9 Å². The molecule has 0 saturated carbocycles. The number of anilines is 1. The van der Waals surface area contributed by atoms with Crippen LogP contribution in [0.2, 0.25) is 5.02 Å². The fourth-order valence-corrected chi connectivity index (χ4v) is 4.09. The Morgan fingerprint density at radius 1 is 1.19 bits per heavy atom. The van der Waals surface area contributed by atoms with Gasteiger partial charge in [0.15, 0.2) is 6.61 Å². The van der Waals surface area contributed by atoms with Crippen LogP contribution in [0.4, 0.5) is 10.1 Å². The van der Waals surface area contributed by atoms with Crippen molar-refractivity contribution in [3.05, 3.63) is 97.7 Å². The van der Waals surface area contributed by atoms with Gasteiger partial charge in [0.05, 0.1) is 22.1 Å². The van der Waals surface area contributed by atoms with Crippen LogP contribution in [0, 0.1) is 5.82 Å². The van der Waals surface area contributed by atoms with Crippen LogP contribution in [0.15, 0.2) is 75.0 Å². The van der Waals surface area contributed by atoms with Gasteiger partial charge in [-0.25, -0.2) is 9.37 Å². The molecule has 0 unspecified atom stereocenters. The molecule has 0 aliphatic heterocycles. The van der Waals surface area contributed by atoms with E-state index >= 15 is 0 Å². The van der Waals surface area contributed by atoms with Gasteiger partial charge in [0.25, 0.3) is 11.5 Å². The van der Waals surface area contributed by atoms with Crippen LogP contribution in [-0.2, 0) is 10.2 Å². The van der Waals surface area contributed by atoms with Crippen LogP contribution in [0.1, 0.15) is 32.2 Å². The summed E-state index contributed by atoms with van der Waals surface area (Å²) in [7, 11) is 0. The predicted molar refractivity (Wildman–Crippen MR) is 147 cm³/mol. The zero-order valence-electron chi connectivity index (χ0n) is 20.3. The van der Waals surface area contributed by atoms with Crippen LogP contribution in [0.3, 0.4) is 0 Å². The van der Waals surface area contributed by atoms with Gasteiger partial charge in [0, 0.05) is 15.6 Å². The molecule has 3 aromatic carbocycles. The lowest BCUT2D eigenvalue weighted by atomic mass is 9.95. The maximum absolute atomic E-state index is 13.3. The first kappa shape index (κ1) is 26.5. The standard InChI is InChI=1S/C27H23BrClFN4O3/c1-27(2,3)26-33-22-9-8-17(28)12-20(22)25(36)34(26)31-14-16-7-10-23(21(29)11-16)37-15-24(35)32-19-6-4-5-18(30)13-19/h4-14H,15H2,1-3H3,(H,32,35). The van der Waals surface area contributed by atoms with E-state index in [1.165, 1.54) is 29.1 Å². The Balaban J connectivity index is 1.54. The third kappa shape index (κ3) is 6.42. The van der Waals surface area contributed by atoms with Gasteiger partial charge in [-0.2, -0.15) is 9.78 Å². The van der Waals surface area contributed by atoms with Crippen molar-refractivity contribution in [2.45, 2.75) is 26.2 Å². The van der Waals surface area contributed by atoms with Gasteiger partial charge in [-0.3, -0.25) is 9.59 Å². The summed E-state index contributed by atoms with van der Waals surface area (Å²) in [5.41, 5.74) is 0.798. The van der Waals surface area contributed by atoms with E-state index in [4.69, 9.17) is 21.3 Å². The molecule has 0 aliphatic carbocycles. The second-order valence-corrected chi connectivity index (χ2v) is 10.6. The molecule has 0 saturated heterocycles. The van der Waals surface area contributed by atoms with E-state index in [0.717, 1.165) is 4.47 Å². The molecule has 0 spiro atoms. The first-order valence-corrected chi connectivity index (χ1v) is 12.4. The van der Waals surface area contributed by atoms with Gasteiger partial charge in [0.1, 0.15) is 17.4 Å². The molecule has 1 N–H and O–H groups in total. The summed E-state index contributed by atoms with van der Waals surface area (Å²) < 4.78 is 20.9. The van der Waals surface area contributed by atoms with E-state index in [2.05, 4.69) is 26.3 Å². The smallest absolute Gasteiger partial charge is 0.282 e. The average Bonchev–Trinajstić information content (AvgIpc) is 2.82. The lowest BCUT2D eigenvalue weighted by Gasteiger charge is -2.20. The van der Waals surface area contributed by atoms with E-state index in [0.29, 0.717) is 28.0 Å². The maximum Gasteiger partial charge on any atom is 0.282 e. The van der Waals surface area contributed by atoms with Gasteiger partial charge >= 0.3 is 0 Å². The molecule has 4 rings (SSSR count). The number of halogens is 3. The minimum Gasteiger partial charge on any atom is -0.482 e. The highest BCUT2D eigenvalue weighted by Crippen LogP contribution is 2.26. The number of carbonyl (C=O) groups excluding carboxylic acids is 1. The summed E-state index contributed by atoms with van der Waals surface area (Å²) in [6.45, 7) is 5.56. The first-order valence-electron chi connectivity index (χ1n) is 11.3. The number of ether oxygens (including phenoxy) is 1. The Morgan fingerprint density at radius 3 is 2.68 bits per heavy atom. The van der Waals surface area contributed by atoms with Crippen molar-refractivity contribution in [3.63, 3.8) is 0 Å². The molecule has 0 bridgehead atoms. The molecule has 1 aromatic heterocycles. The number of fused-ring (bicyclic) bond motifs is 1. The number of hydrogen-bond donors (Lipinski definition) is 1. The van der Waals surface area contributed by atoms with Crippen LogP contribution < -0.4 is 15.6 Å². The third-order valence-corrected chi connectivity index (χ3v) is 6.01. The predicted octanol–water partition coefficient (Wildman–Crippen LogP) is 6.15. The molecule has 0 aliphatic rings. The highest BCUT2D eigenvalue weighted by atomic mass is 79.9. The quantitative estimate of drug-likeness (QED) is 0.275. The normalized spacial score (nSPS) is 11.7. The summed E-state index contributed by atoms with van der Waals surface area (Å²) in [4.78, 5) is 30.1. The number of rotatable bonds is 6. The number of benzene rings is 3. The van der Waals surface area contributed by atoms with Crippen LogP contribution in [-0.4, -0.2) is 28.4 Å². The van der Waals surface area contributed by atoms with Gasteiger partial charge in [-0.1, -0.05) is 54.4 Å². The van der Waals surface area contributed by atoms with Gasteiger partial charge in [-0.05, 0) is 60.2 Å². The van der Waals surface area contributed by atoms with Crippen molar-refractivity contribution >= 4 is 56.2 Å². The van der Waals surface area contributed by atoms with Gasteiger partial charge in [-0.15, -0.1) is 0 Å². The molecule has 1 heterocycles. The Hall–Kier alpha value is -3.56. The van der Waals surface area contributed by atoms with Crippen molar-refractivity contribution in [1.82, 2.24) is 9.66 Å². The van der Waals surface area contributed by atoms with Crippen LogP contribution in [0.25, 0.3) is 10.9 Å². The Labute approximate surface area is 226 Å². The zero-order chi connectivity index (χ0) is 26.7. The topological polar surface area (TPSA) is 85.6 Å². The SMILES string of the molecule is CC(C)(C)c1nc2ccc(Br)cc2c(=O)n1N=Cc1ccc(OCC(=O)Nc2cccc(F)c2)c(Cl)c1. The molecule has 10 heteroatoms. The maximum atomic E-state index is 13.3. The highest BCUT2D eigenvalue weighted by molar-refractivity contribution is 9.10. The van der Waals surface area contributed by atoms with Gasteiger partial charge < -0.3 is 10.1 Å². The number of hydrogen-bond acceptors (Lipinski definition) is 5. The monoisotopic (exact) mass is 584 g/mol. The summed E-state index contributed by atoms with van der Waals surface area (Å²) in [5.74, 6) is -0.114. The molecule has 37 heavy (non-hydrogen) atoms. The van der Waals surface area contributed by atoms with Crippen molar-refractivity contribution in [2.75, 3.05) is 11.9 Å². The van der Waals surface area contributed by atoms with Crippen LogP contribution in [0.5, 0.6) is 5.75 Å². The molecule has 1 amide bonds. The number of carbonyl (C=O) groups is 1. The first-order chi connectivity index (χ1) is 17.5. The molecular formula is C27H23BrClFN4O3. The van der Waals surface area contributed by atoms with Crippen molar-refractivity contribution in [2.24, 2.45) is 5.10 Å². The lowest BCUT2D eigenvalue weighted by molar-refractivity contribution is -0.118. The molecule has 190 valence electrons.